The Balaban J connectivity index is 1.48. The quantitative estimate of drug-likeness (QED) is 0.277. The number of hydrogen-bond acceptors (Lipinski definition) is 5. The van der Waals surface area contributed by atoms with Gasteiger partial charge >= 0.3 is 12.8 Å². The number of aromatic nitrogens is 5. The SMILES string of the molecule is Cc1nc(-c2c(C(C)C)ccnc2OC(F)F)c2n1CCN(c1ccc(-n3ccc(C(F)(F)F)n3)cc1)C2. The number of alkyl halides is 5. The molecule has 0 saturated heterocycles. The van der Waals surface area contributed by atoms with Crippen LogP contribution < -0.4 is 9.64 Å². The third-order valence-corrected chi connectivity index (χ3v) is 6.56. The fourth-order valence-corrected chi connectivity index (χ4v) is 4.75. The van der Waals surface area contributed by atoms with E-state index >= 15 is 0 Å². The zero-order chi connectivity index (χ0) is 27.2. The molecule has 0 saturated carbocycles. The predicted molar refractivity (Wildman–Crippen MR) is 131 cm³/mol. The molecule has 0 fully saturated rings. The maximum atomic E-state index is 13.2. The van der Waals surface area contributed by atoms with Crippen LogP contribution in [0.1, 0.15) is 42.5 Å². The number of fused-ring (bicyclic) bond motifs is 1. The van der Waals surface area contributed by atoms with E-state index in [1.165, 1.54) is 17.1 Å². The Morgan fingerprint density at radius 3 is 2.32 bits per heavy atom. The molecule has 3 aromatic heterocycles. The van der Waals surface area contributed by atoms with Crippen molar-refractivity contribution in [3.8, 4) is 22.8 Å². The summed E-state index contributed by atoms with van der Waals surface area (Å²) in [6.07, 6.45) is -1.79. The summed E-state index contributed by atoms with van der Waals surface area (Å²) < 4.78 is 73.3. The summed E-state index contributed by atoms with van der Waals surface area (Å²) in [5.41, 5.74) is 3.04. The number of imidazole rings is 1. The van der Waals surface area contributed by atoms with Gasteiger partial charge in [0.1, 0.15) is 5.82 Å². The second-order valence-electron chi connectivity index (χ2n) is 9.30. The molecule has 5 rings (SSSR count). The first-order chi connectivity index (χ1) is 18.0. The fourth-order valence-electron chi connectivity index (χ4n) is 4.75. The van der Waals surface area contributed by atoms with Gasteiger partial charge in [-0.2, -0.15) is 27.1 Å². The highest BCUT2D eigenvalue weighted by molar-refractivity contribution is 5.73. The van der Waals surface area contributed by atoms with Crippen molar-refractivity contribution in [2.45, 2.75) is 52.6 Å². The van der Waals surface area contributed by atoms with Gasteiger partial charge in [0.05, 0.1) is 29.2 Å². The summed E-state index contributed by atoms with van der Waals surface area (Å²) in [6.45, 7) is 4.49. The molecule has 0 bridgehead atoms. The van der Waals surface area contributed by atoms with Gasteiger partial charge in [-0.25, -0.2) is 14.6 Å². The Kier molecular flexibility index (Phi) is 6.58. The Labute approximate surface area is 215 Å². The molecule has 1 aromatic carbocycles. The molecule has 0 N–H and O–H groups in total. The fraction of sp³-hybridized carbons (Fsp3) is 0.346. The van der Waals surface area contributed by atoms with Crippen LogP contribution in [0.15, 0.2) is 48.8 Å². The molecule has 0 spiro atoms. The number of benzene rings is 1. The van der Waals surface area contributed by atoms with Gasteiger partial charge in [-0.15, -0.1) is 0 Å². The first kappa shape index (κ1) is 25.7. The second-order valence-corrected chi connectivity index (χ2v) is 9.30. The summed E-state index contributed by atoms with van der Waals surface area (Å²) in [5.74, 6) is 0.606. The Morgan fingerprint density at radius 2 is 1.68 bits per heavy atom. The Bertz CT molecular complexity index is 1440. The lowest BCUT2D eigenvalue weighted by molar-refractivity contribution is -0.141. The third-order valence-electron chi connectivity index (χ3n) is 6.56. The molecular formula is C26H25F5N6O. The summed E-state index contributed by atoms with van der Waals surface area (Å²) in [5, 5.41) is 3.62. The average molecular weight is 533 g/mol. The molecule has 38 heavy (non-hydrogen) atoms. The van der Waals surface area contributed by atoms with E-state index in [0.29, 0.717) is 36.6 Å². The molecule has 0 aliphatic carbocycles. The Hall–Kier alpha value is -3.96. The Morgan fingerprint density at radius 1 is 0.974 bits per heavy atom. The topological polar surface area (TPSA) is 61.0 Å². The van der Waals surface area contributed by atoms with Crippen molar-refractivity contribution in [2.24, 2.45) is 0 Å². The molecule has 1 aliphatic rings. The lowest BCUT2D eigenvalue weighted by atomic mass is 9.95. The van der Waals surface area contributed by atoms with E-state index in [1.54, 1.807) is 18.2 Å². The predicted octanol–water partition coefficient (Wildman–Crippen LogP) is 6.20. The van der Waals surface area contributed by atoms with Crippen LogP contribution in [0.2, 0.25) is 0 Å². The van der Waals surface area contributed by atoms with Crippen LogP contribution in [-0.2, 0) is 19.3 Å². The van der Waals surface area contributed by atoms with Crippen molar-refractivity contribution in [1.82, 2.24) is 24.3 Å². The summed E-state index contributed by atoms with van der Waals surface area (Å²) in [7, 11) is 0. The normalized spacial score (nSPS) is 13.9. The van der Waals surface area contributed by atoms with E-state index in [1.807, 2.05) is 32.9 Å². The lowest BCUT2D eigenvalue weighted by Crippen LogP contribution is -2.34. The standard InChI is InChI=1S/C26H25F5N6O/c1-15(2)19-8-10-32-24(38-25(27)28)22(19)23-20-14-35(12-13-36(20)16(3)33-23)17-4-6-18(7-5-17)37-11-9-21(34-37)26(29,30)31/h4-11,15,25H,12-14H2,1-3H3. The number of rotatable bonds is 6. The van der Waals surface area contributed by atoms with Crippen molar-refractivity contribution in [1.29, 1.82) is 0 Å². The number of ether oxygens (including phenoxy) is 1. The summed E-state index contributed by atoms with van der Waals surface area (Å²) >= 11 is 0. The lowest BCUT2D eigenvalue weighted by Gasteiger charge is -2.31. The van der Waals surface area contributed by atoms with Gasteiger partial charge in [0.25, 0.3) is 0 Å². The zero-order valence-corrected chi connectivity index (χ0v) is 20.9. The van der Waals surface area contributed by atoms with Gasteiger partial charge in [-0.1, -0.05) is 13.8 Å². The average Bonchev–Trinajstić information content (AvgIpc) is 3.49. The first-order valence-corrected chi connectivity index (χ1v) is 12.0. The highest BCUT2D eigenvalue weighted by Crippen LogP contribution is 2.39. The van der Waals surface area contributed by atoms with Crippen molar-refractivity contribution >= 4 is 5.69 Å². The van der Waals surface area contributed by atoms with Crippen LogP contribution in [-0.4, -0.2) is 37.5 Å². The van der Waals surface area contributed by atoms with E-state index in [2.05, 4.69) is 19.5 Å². The van der Waals surface area contributed by atoms with Gasteiger partial charge in [0.15, 0.2) is 5.69 Å². The number of anilines is 1. The van der Waals surface area contributed by atoms with E-state index in [4.69, 9.17) is 9.72 Å². The van der Waals surface area contributed by atoms with Crippen molar-refractivity contribution < 1.29 is 26.7 Å². The minimum Gasteiger partial charge on any atom is -0.416 e. The van der Waals surface area contributed by atoms with Gasteiger partial charge in [-0.05, 0) is 54.8 Å². The maximum Gasteiger partial charge on any atom is 0.435 e. The van der Waals surface area contributed by atoms with Crippen LogP contribution in [0.3, 0.4) is 0 Å². The number of hydrogen-bond donors (Lipinski definition) is 0. The smallest absolute Gasteiger partial charge is 0.416 e. The van der Waals surface area contributed by atoms with Crippen LogP contribution in [0.4, 0.5) is 27.6 Å². The van der Waals surface area contributed by atoms with E-state index in [9.17, 15) is 22.0 Å². The molecule has 4 heterocycles. The minimum absolute atomic E-state index is 0.0121. The van der Waals surface area contributed by atoms with Gasteiger partial charge in [-0.3, -0.25) is 0 Å². The molecular weight excluding hydrogens is 507 g/mol. The highest BCUT2D eigenvalue weighted by atomic mass is 19.4. The summed E-state index contributed by atoms with van der Waals surface area (Å²) in [4.78, 5) is 10.9. The van der Waals surface area contributed by atoms with Crippen molar-refractivity contribution in [2.75, 3.05) is 11.4 Å². The number of aryl methyl sites for hydroxylation is 1. The number of halogens is 5. The monoisotopic (exact) mass is 532 g/mol. The third kappa shape index (κ3) is 4.82. The first-order valence-electron chi connectivity index (χ1n) is 12.0. The number of pyridine rings is 1. The second kappa shape index (κ2) is 9.73. The molecule has 7 nitrogen and oxygen atoms in total. The molecule has 0 radical (unpaired) electrons. The molecule has 4 aromatic rings. The van der Waals surface area contributed by atoms with E-state index in [0.717, 1.165) is 28.8 Å². The van der Waals surface area contributed by atoms with Gasteiger partial charge in [0, 0.05) is 31.2 Å². The van der Waals surface area contributed by atoms with Crippen LogP contribution in [0.25, 0.3) is 16.9 Å². The molecule has 1 aliphatic heterocycles. The van der Waals surface area contributed by atoms with Crippen LogP contribution in [0.5, 0.6) is 5.88 Å². The van der Waals surface area contributed by atoms with Crippen molar-refractivity contribution in [3.63, 3.8) is 0 Å². The van der Waals surface area contributed by atoms with Crippen LogP contribution >= 0.6 is 0 Å². The molecule has 0 amide bonds. The molecule has 0 atom stereocenters. The van der Waals surface area contributed by atoms with E-state index < -0.39 is 18.5 Å². The molecule has 0 unspecified atom stereocenters. The van der Waals surface area contributed by atoms with Gasteiger partial charge in [0.2, 0.25) is 5.88 Å². The van der Waals surface area contributed by atoms with E-state index in [-0.39, 0.29) is 11.8 Å². The summed E-state index contributed by atoms with van der Waals surface area (Å²) in [6, 6.07) is 9.76. The maximum absolute atomic E-state index is 13.2. The minimum atomic E-state index is -4.51. The highest BCUT2D eigenvalue weighted by Gasteiger charge is 2.34. The van der Waals surface area contributed by atoms with Crippen LogP contribution in [0, 0.1) is 6.92 Å². The zero-order valence-electron chi connectivity index (χ0n) is 20.9. The number of nitrogens with zero attached hydrogens (tertiary/aromatic N) is 6. The van der Waals surface area contributed by atoms with Gasteiger partial charge < -0.3 is 14.2 Å². The molecule has 12 heteroatoms. The largest absolute Gasteiger partial charge is 0.435 e. The molecule has 200 valence electrons. The van der Waals surface area contributed by atoms with Crippen molar-refractivity contribution in [3.05, 3.63) is 71.6 Å².